The number of ether oxygens (including phenoxy) is 1. The van der Waals surface area contributed by atoms with Crippen molar-refractivity contribution in [2.75, 3.05) is 32.8 Å². The summed E-state index contributed by atoms with van der Waals surface area (Å²) in [7, 11) is 0. The van der Waals surface area contributed by atoms with Crippen LogP contribution in [0.2, 0.25) is 0 Å². The van der Waals surface area contributed by atoms with Crippen LogP contribution >= 0.6 is 0 Å². The highest BCUT2D eigenvalue weighted by Gasteiger charge is 2.19. The molecule has 0 aliphatic carbocycles. The molecule has 2 N–H and O–H groups in total. The van der Waals surface area contributed by atoms with Crippen molar-refractivity contribution in [3.8, 4) is 6.07 Å². The number of nitriles is 1. The second-order valence-electron chi connectivity index (χ2n) is 7.29. The van der Waals surface area contributed by atoms with Gasteiger partial charge in [-0.1, -0.05) is 0 Å². The molecule has 1 aliphatic rings. The van der Waals surface area contributed by atoms with Crippen LogP contribution in [0.1, 0.15) is 44.7 Å². The number of likely N-dealkylation sites (tertiary alicyclic amines) is 1. The first-order valence-corrected chi connectivity index (χ1v) is 10.1. The van der Waals surface area contributed by atoms with Gasteiger partial charge in [-0.3, -0.25) is 0 Å². The van der Waals surface area contributed by atoms with E-state index in [1.807, 2.05) is 13.0 Å². The van der Waals surface area contributed by atoms with Crippen LogP contribution in [-0.4, -0.2) is 55.8 Å². The van der Waals surface area contributed by atoms with Gasteiger partial charge in [0.2, 0.25) is 0 Å². The number of nitrogens with one attached hydrogen (secondary N) is 2. The van der Waals surface area contributed by atoms with Gasteiger partial charge in [0.25, 0.3) is 0 Å². The molecule has 0 radical (unpaired) electrons. The molecule has 0 amide bonds. The molecule has 1 heterocycles. The van der Waals surface area contributed by atoms with E-state index in [9.17, 15) is 4.39 Å². The third kappa shape index (κ3) is 7.45. The third-order valence-corrected chi connectivity index (χ3v) is 4.71. The van der Waals surface area contributed by atoms with E-state index >= 15 is 0 Å². The number of nitrogens with zero attached hydrogens (tertiary/aromatic N) is 3. The maximum Gasteiger partial charge on any atom is 0.191 e. The highest BCUT2D eigenvalue weighted by atomic mass is 19.1. The van der Waals surface area contributed by atoms with Crippen molar-refractivity contribution in [3.05, 3.63) is 35.1 Å². The standard InChI is InChI=1S/C21H32FN5O/c1-4-24-21(25-15-18-13-17(14-23)5-6-20(18)22)26-19-7-9-27(10-8-19)11-12-28-16(2)3/h5-6,13,16,19H,4,7-12,15H2,1-3H3,(H2,24,25,26). The van der Waals surface area contributed by atoms with Crippen LogP contribution in [0.4, 0.5) is 4.39 Å². The number of hydrogen-bond acceptors (Lipinski definition) is 4. The van der Waals surface area contributed by atoms with Gasteiger partial charge in [0.05, 0.1) is 30.9 Å². The average Bonchev–Trinajstić information content (AvgIpc) is 2.68. The number of guanidine groups is 1. The average molecular weight is 390 g/mol. The van der Waals surface area contributed by atoms with Crippen LogP contribution in [0.15, 0.2) is 23.2 Å². The largest absolute Gasteiger partial charge is 0.377 e. The molecule has 0 bridgehead atoms. The highest BCUT2D eigenvalue weighted by Crippen LogP contribution is 2.12. The molecule has 0 spiro atoms. The predicted octanol–water partition coefficient (Wildman–Crippen LogP) is 2.64. The van der Waals surface area contributed by atoms with Crippen molar-refractivity contribution in [2.45, 2.75) is 52.3 Å². The Morgan fingerprint density at radius 2 is 2.14 bits per heavy atom. The quantitative estimate of drug-likeness (QED) is 0.528. The fourth-order valence-corrected chi connectivity index (χ4v) is 3.16. The third-order valence-electron chi connectivity index (χ3n) is 4.71. The first-order valence-electron chi connectivity index (χ1n) is 10.1. The van der Waals surface area contributed by atoms with Crippen molar-refractivity contribution in [1.29, 1.82) is 5.26 Å². The van der Waals surface area contributed by atoms with Gasteiger partial charge in [0, 0.05) is 37.8 Å². The number of aliphatic imine (C=N–C) groups is 1. The van der Waals surface area contributed by atoms with E-state index in [1.165, 1.54) is 12.1 Å². The fourth-order valence-electron chi connectivity index (χ4n) is 3.16. The molecular weight excluding hydrogens is 357 g/mol. The molecule has 1 aliphatic heterocycles. The summed E-state index contributed by atoms with van der Waals surface area (Å²) in [5, 5.41) is 15.7. The van der Waals surface area contributed by atoms with E-state index < -0.39 is 0 Å². The van der Waals surface area contributed by atoms with Gasteiger partial charge in [-0.25, -0.2) is 9.38 Å². The van der Waals surface area contributed by atoms with E-state index in [-0.39, 0.29) is 18.5 Å². The number of piperidine rings is 1. The normalized spacial score (nSPS) is 16.2. The summed E-state index contributed by atoms with van der Waals surface area (Å²) in [5.74, 6) is 0.348. The Morgan fingerprint density at radius 1 is 1.39 bits per heavy atom. The summed E-state index contributed by atoms with van der Waals surface area (Å²) in [6.07, 6.45) is 2.34. The minimum absolute atomic E-state index is 0.197. The predicted molar refractivity (Wildman–Crippen MR) is 110 cm³/mol. The molecule has 1 fully saturated rings. The van der Waals surface area contributed by atoms with E-state index in [0.29, 0.717) is 23.1 Å². The summed E-state index contributed by atoms with van der Waals surface area (Å²) in [4.78, 5) is 6.94. The van der Waals surface area contributed by atoms with Gasteiger partial charge in [-0.15, -0.1) is 0 Å². The second-order valence-corrected chi connectivity index (χ2v) is 7.29. The number of rotatable bonds is 8. The van der Waals surface area contributed by atoms with E-state index in [0.717, 1.165) is 45.6 Å². The lowest BCUT2D eigenvalue weighted by molar-refractivity contribution is 0.0532. The lowest BCUT2D eigenvalue weighted by Crippen LogP contribution is -2.49. The van der Waals surface area contributed by atoms with Gasteiger partial charge in [-0.05, 0) is 51.8 Å². The highest BCUT2D eigenvalue weighted by molar-refractivity contribution is 5.80. The van der Waals surface area contributed by atoms with Crippen LogP contribution in [-0.2, 0) is 11.3 Å². The van der Waals surface area contributed by atoms with E-state index in [4.69, 9.17) is 10.00 Å². The number of benzene rings is 1. The van der Waals surface area contributed by atoms with Gasteiger partial charge < -0.3 is 20.3 Å². The number of halogens is 1. The Labute approximate surface area is 167 Å². The molecule has 2 rings (SSSR count). The van der Waals surface area contributed by atoms with Crippen LogP contribution in [0.5, 0.6) is 0 Å². The SMILES string of the molecule is CCNC(=NCc1cc(C#N)ccc1F)NC1CCN(CCOC(C)C)CC1. The molecule has 1 saturated heterocycles. The molecule has 0 aromatic heterocycles. The molecule has 0 saturated carbocycles. The second kappa shape index (κ2) is 11.6. The molecule has 154 valence electrons. The Morgan fingerprint density at radius 3 is 2.79 bits per heavy atom. The molecule has 7 heteroatoms. The van der Waals surface area contributed by atoms with Gasteiger partial charge >= 0.3 is 0 Å². The first kappa shape index (κ1) is 22.1. The molecule has 28 heavy (non-hydrogen) atoms. The van der Waals surface area contributed by atoms with Crippen LogP contribution in [0.3, 0.4) is 0 Å². The first-order chi connectivity index (χ1) is 13.5. The molecule has 1 aromatic rings. The summed E-state index contributed by atoms with van der Waals surface area (Å²) in [6, 6.07) is 6.74. The van der Waals surface area contributed by atoms with E-state index in [1.54, 1.807) is 6.07 Å². The van der Waals surface area contributed by atoms with Crippen molar-refractivity contribution in [1.82, 2.24) is 15.5 Å². The summed E-state index contributed by atoms with van der Waals surface area (Å²) >= 11 is 0. The fraction of sp³-hybridized carbons (Fsp3) is 0.619. The van der Waals surface area contributed by atoms with Crippen LogP contribution in [0, 0.1) is 17.1 Å². The minimum Gasteiger partial charge on any atom is -0.377 e. The van der Waals surface area contributed by atoms with Crippen molar-refractivity contribution in [3.63, 3.8) is 0 Å². The Balaban J connectivity index is 1.86. The Kier molecular flexibility index (Phi) is 9.18. The minimum atomic E-state index is -0.337. The monoisotopic (exact) mass is 389 g/mol. The molecule has 0 unspecified atom stereocenters. The molecular formula is C21H32FN5O. The number of hydrogen-bond donors (Lipinski definition) is 2. The van der Waals surface area contributed by atoms with Crippen LogP contribution in [0.25, 0.3) is 0 Å². The van der Waals surface area contributed by atoms with E-state index in [2.05, 4.69) is 34.4 Å². The Bertz CT molecular complexity index is 678. The van der Waals surface area contributed by atoms with Crippen LogP contribution < -0.4 is 10.6 Å². The smallest absolute Gasteiger partial charge is 0.191 e. The zero-order chi connectivity index (χ0) is 20.4. The lowest BCUT2D eigenvalue weighted by atomic mass is 10.1. The van der Waals surface area contributed by atoms with Crippen molar-refractivity contribution < 1.29 is 9.13 Å². The molecule has 0 atom stereocenters. The zero-order valence-electron chi connectivity index (χ0n) is 17.2. The lowest BCUT2D eigenvalue weighted by Gasteiger charge is -2.33. The summed E-state index contributed by atoms with van der Waals surface area (Å²) in [6.45, 7) is 10.8. The topological polar surface area (TPSA) is 72.7 Å². The van der Waals surface area contributed by atoms with Crippen molar-refractivity contribution in [2.24, 2.45) is 4.99 Å². The Hall–Kier alpha value is -2.17. The maximum atomic E-state index is 14.0. The maximum absolute atomic E-state index is 14.0. The summed E-state index contributed by atoms with van der Waals surface area (Å²) in [5.41, 5.74) is 0.870. The molecule has 6 nitrogen and oxygen atoms in total. The zero-order valence-corrected chi connectivity index (χ0v) is 17.2. The summed E-state index contributed by atoms with van der Waals surface area (Å²) < 4.78 is 19.6. The van der Waals surface area contributed by atoms with Gasteiger partial charge in [-0.2, -0.15) is 5.26 Å². The van der Waals surface area contributed by atoms with Crippen molar-refractivity contribution >= 4 is 5.96 Å². The molecule has 1 aromatic carbocycles. The van der Waals surface area contributed by atoms with Gasteiger partial charge in [0.1, 0.15) is 5.82 Å². The van der Waals surface area contributed by atoms with Gasteiger partial charge in [0.15, 0.2) is 5.96 Å².